The van der Waals surface area contributed by atoms with Crippen LogP contribution in [0, 0.1) is 11.3 Å². The van der Waals surface area contributed by atoms with Crippen LogP contribution in [-0.2, 0) is 4.74 Å². The molecule has 0 atom stereocenters. The number of hydrogen-bond donors (Lipinski definition) is 0. The molecule has 0 unspecified atom stereocenters. The summed E-state index contributed by atoms with van der Waals surface area (Å²) in [6.45, 7) is 5.65. The predicted molar refractivity (Wildman–Crippen MR) is 72.3 cm³/mol. The van der Waals surface area contributed by atoms with Crippen molar-refractivity contribution in [2.24, 2.45) is 0 Å². The molecule has 3 heteroatoms. The number of ether oxygens (including phenoxy) is 2. The first kappa shape index (κ1) is 14.3. The summed E-state index contributed by atoms with van der Waals surface area (Å²) in [6.07, 6.45) is 2.81. The van der Waals surface area contributed by atoms with E-state index in [1.54, 1.807) is 0 Å². The van der Waals surface area contributed by atoms with Crippen LogP contribution >= 0.6 is 0 Å². The van der Waals surface area contributed by atoms with Gasteiger partial charge in [0.25, 0.3) is 0 Å². The highest BCUT2D eigenvalue weighted by molar-refractivity contribution is 5.58. The lowest BCUT2D eigenvalue weighted by Crippen LogP contribution is -1.96. The minimum absolute atomic E-state index is 0.354. The maximum Gasteiger partial charge on any atom is 0.119 e. The van der Waals surface area contributed by atoms with Crippen LogP contribution in [0.1, 0.15) is 25.8 Å². The zero-order valence-electron chi connectivity index (χ0n) is 11.0. The molecular formula is C15H19NO2. The fourth-order valence-electron chi connectivity index (χ4n) is 1.43. The first-order valence-electron chi connectivity index (χ1n) is 6.21. The molecule has 1 rings (SSSR count). The molecule has 0 saturated heterocycles. The Labute approximate surface area is 109 Å². The number of rotatable bonds is 7. The van der Waals surface area contributed by atoms with Crippen molar-refractivity contribution in [1.29, 1.82) is 5.26 Å². The van der Waals surface area contributed by atoms with Crippen molar-refractivity contribution < 1.29 is 9.47 Å². The maximum absolute atomic E-state index is 9.00. The lowest BCUT2D eigenvalue weighted by Gasteiger charge is -2.05. The first-order chi connectivity index (χ1) is 8.80. The molecule has 1 aromatic carbocycles. The van der Waals surface area contributed by atoms with E-state index < -0.39 is 0 Å². The van der Waals surface area contributed by atoms with Gasteiger partial charge in [-0.05, 0) is 37.1 Å². The van der Waals surface area contributed by atoms with Crippen molar-refractivity contribution in [2.75, 3.05) is 19.8 Å². The van der Waals surface area contributed by atoms with Gasteiger partial charge in [0, 0.05) is 6.61 Å². The summed E-state index contributed by atoms with van der Waals surface area (Å²) in [5.41, 5.74) is 1.57. The Morgan fingerprint density at radius 1 is 1.39 bits per heavy atom. The third kappa shape index (κ3) is 5.03. The Hall–Kier alpha value is -1.79. The zero-order chi connectivity index (χ0) is 13.2. The molecule has 18 heavy (non-hydrogen) atoms. The molecule has 0 heterocycles. The number of benzene rings is 1. The van der Waals surface area contributed by atoms with E-state index in [9.17, 15) is 0 Å². The monoisotopic (exact) mass is 245 g/mol. The van der Waals surface area contributed by atoms with Crippen molar-refractivity contribution in [1.82, 2.24) is 0 Å². The van der Waals surface area contributed by atoms with Gasteiger partial charge in [0.05, 0.1) is 24.9 Å². The van der Waals surface area contributed by atoms with E-state index >= 15 is 0 Å². The summed E-state index contributed by atoms with van der Waals surface area (Å²) in [5.74, 6) is 0.833. The second-order valence-corrected chi connectivity index (χ2v) is 3.84. The Morgan fingerprint density at radius 3 is 2.89 bits per heavy atom. The summed E-state index contributed by atoms with van der Waals surface area (Å²) in [4.78, 5) is 0. The second-order valence-electron chi connectivity index (χ2n) is 3.84. The molecule has 96 valence electrons. The largest absolute Gasteiger partial charge is 0.494 e. The van der Waals surface area contributed by atoms with Gasteiger partial charge >= 0.3 is 0 Å². The molecule has 0 N–H and O–H groups in total. The number of hydrogen-bond acceptors (Lipinski definition) is 3. The van der Waals surface area contributed by atoms with Gasteiger partial charge in [0.15, 0.2) is 0 Å². The Bertz CT molecular complexity index is 432. The van der Waals surface area contributed by atoms with Gasteiger partial charge in [0.1, 0.15) is 5.75 Å². The average molecular weight is 245 g/mol. The third-order valence-electron chi connectivity index (χ3n) is 2.28. The molecule has 3 nitrogen and oxygen atoms in total. The van der Waals surface area contributed by atoms with Gasteiger partial charge < -0.3 is 9.47 Å². The molecule has 0 amide bonds. The highest BCUT2D eigenvalue weighted by Gasteiger charge is 1.98. The highest BCUT2D eigenvalue weighted by atomic mass is 16.5. The first-order valence-corrected chi connectivity index (χ1v) is 6.21. The zero-order valence-corrected chi connectivity index (χ0v) is 11.0. The molecule has 0 aromatic heterocycles. The van der Waals surface area contributed by atoms with Crippen LogP contribution in [0.15, 0.2) is 29.8 Å². The fourth-order valence-corrected chi connectivity index (χ4v) is 1.43. The standard InChI is InChI=1S/C15H19NO2/c1-3-8-18-15-7-5-6-13(10-15)9-14(11-16)12-17-4-2/h5-7,9-10H,3-4,8,12H2,1-2H3/b14-9-. The summed E-state index contributed by atoms with van der Waals surface area (Å²) >= 11 is 0. The van der Waals surface area contributed by atoms with Crippen LogP contribution in [0.2, 0.25) is 0 Å². The summed E-state index contributed by atoms with van der Waals surface area (Å²) in [6, 6.07) is 9.86. The molecule has 0 bridgehead atoms. The van der Waals surface area contributed by atoms with Crippen molar-refractivity contribution in [3.8, 4) is 11.8 Å². The highest BCUT2D eigenvalue weighted by Crippen LogP contribution is 2.16. The van der Waals surface area contributed by atoms with Crippen LogP contribution in [-0.4, -0.2) is 19.8 Å². The Kier molecular flexibility index (Phi) is 6.60. The van der Waals surface area contributed by atoms with Crippen LogP contribution in [0.4, 0.5) is 0 Å². The van der Waals surface area contributed by atoms with Gasteiger partial charge in [-0.3, -0.25) is 0 Å². The molecular weight excluding hydrogens is 226 g/mol. The Balaban J connectivity index is 2.75. The van der Waals surface area contributed by atoms with Crippen molar-refractivity contribution in [3.05, 3.63) is 35.4 Å². The van der Waals surface area contributed by atoms with E-state index in [-0.39, 0.29) is 0 Å². The molecule has 0 spiro atoms. The summed E-state index contributed by atoms with van der Waals surface area (Å²) < 4.78 is 10.8. The lowest BCUT2D eigenvalue weighted by molar-refractivity contribution is 0.174. The Morgan fingerprint density at radius 2 is 2.22 bits per heavy atom. The van der Waals surface area contributed by atoms with Crippen LogP contribution in [0.5, 0.6) is 5.75 Å². The van der Waals surface area contributed by atoms with Gasteiger partial charge in [-0.25, -0.2) is 0 Å². The predicted octanol–water partition coefficient (Wildman–Crippen LogP) is 3.42. The van der Waals surface area contributed by atoms with Crippen molar-refractivity contribution in [2.45, 2.75) is 20.3 Å². The topological polar surface area (TPSA) is 42.2 Å². The molecule has 0 radical (unpaired) electrons. The molecule has 0 saturated carbocycles. The van der Waals surface area contributed by atoms with E-state index in [0.29, 0.717) is 25.4 Å². The SMILES string of the molecule is CCCOc1cccc(/C=C(/C#N)COCC)c1. The molecule has 0 aliphatic carbocycles. The van der Waals surface area contributed by atoms with Crippen molar-refractivity contribution >= 4 is 6.08 Å². The van der Waals surface area contributed by atoms with Gasteiger partial charge in [-0.2, -0.15) is 5.26 Å². The van der Waals surface area contributed by atoms with Gasteiger partial charge in [0.2, 0.25) is 0 Å². The summed E-state index contributed by atoms with van der Waals surface area (Å²) in [5, 5.41) is 9.00. The molecule has 0 aliphatic rings. The van der Waals surface area contributed by atoms with Gasteiger partial charge in [-0.1, -0.05) is 19.1 Å². The fraction of sp³-hybridized carbons (Fsp3) is 0.400. The van der Waals surface area contributed by atoms with Crippen LogP contribution < -0.4 is 4.74 Å². The normalized spacial score (nSPS) is 11.1. The van der Waals surface area contributed by atoms with E-state index in [1.165, 1.54) is 0 Å². The van der Waals surface area contributed by atoms with E-state index in [0.717, 1.165) is 17.7 Å². The molecule has 0 fully saturated rings. The maximum atomic E-state index is 9.00. The quantitative estimate of drug-likeness (QED) is 0.691. The van der Waals surface area contributed by atoms with Crippen LogP contribution in [0.3, 0.4) is 0 Å². The smallest absolute Gasteiger partial charge is 0.119 e. The minimum Gasteiger partial charge on any atom is -0.494 e. The van der Waals surface area contributed by atoms with Crippen molar-refractivity contribution in [3.63, 3.8) is 0 Å². The number of nitrogens with zero attached hydrogens (tertiary/aromatic N) is 1. The average Bonchev–Trinajstić information content (AvgIpc) is 2.41. The second kappa shape index (κ2) is 8.32. The van der Waals surface area contributed by atoms with E-state index in [4.69, 9.17) is 14.7 Å². The summed E-state index contributed by atoms with van der Waals surface area (Å²) in [7, 11) is 0. The lowest BCUT2D eigenvalue weighted by atomic mass is 10.1. The van der Waals surface area contributed by atoms with E-state index in [1.807, 2.05) is 37.3 Å². The number of nitriles is 1. The van der Waals surface area contributed by atoms with E-state index in [2.05, 4.69) is 13.0 Å². The van der Waals surface area contributed by atoms with Crippen LogP contribution in [0.25, 0.3) is 6.08 Å². The molecule has 0 aliphatic heterocycles. The van der Waals surface area contributed by atoms with Gasteiger partial charge in [-0.15, -0.1) is 0 Å². The third-order valence-corrected chi connectivity index (χ3v) is 2.28. The minimum atomic E-state index is 0.354. The molecule has 1 aromatic rings.